The molecule has 2 saturated heterocycles. The summed E-state index contributed by atoms with van der Waals surface area (Å²) in [5, 5.41) is 15.3. The zero-order valence-electron chi connectivity index (χ0n) is 20.3. The van der Waals surface area contributed by atoms with Crippen LogP contribution in [0.1, 0.15) is 83.5 Å². The van der Waals surface area contributed by atoms with E-state index < -0.39 is 0 Å². The van der Waals surface area contributed by atoms with Crippen LogP contribution in [0, 0.1) is 29.1 Å². The average Bonchev–Trinajstić information content (AvgIpc) is 3.18. The first-order chi connectivity index (χ1) is 16.0. The summed E-state index contributed by atoms with van der Waals surface area (Å²) in [4.78, 5) is 16.2. The number of likely N-dealkylation sites (tertiary alicyclic amines) is 1. The molecule has 3 aliphatic carbocycles. The normalized spacial score (nSPS) is 44.0. The largest absolute Gasteiger partial charge is 0.387 e. The monoisotopic (exact) mass is 458 g/mol. The van der Waals surface area contributed by atoms with E-state index in [1.807, 2.05) is 0 Å². The lowest BCUT2D eigenvalue weighted by Gasteiger charge is -2.45. The molecular formula is C26H46N6O. The fourth-order valence-electron chi connectivity index (χ4n) is 8.05. The van der Waals surface area contributed by atoms with E-state index in [1.54, 1.807) is 0 Å². The first-order valence-corrected chi connectivity index (χ1v) is 13.9. The van der Waals surface area contributed by atoms with Crippen molar-refractivity contribution in [2.75, 3.05) is 13.1 Å². The zero-order valence-corrected chi connectivity index (χ0v) is 20.3. The van der Waals surface area contributed by atoms with Crippen molar-refractivity contribution >= 4 is 11.7 Å². The van der Waals surface area contributed by atoms with Gasteiger partial charge in [-0.2, -0.15) is 0 Å². The standard InChI is InChI=1S/C26H46N6O/c27-19-7-9-20(10-8-19)31-26(33)24-13-16-5-6-17(25(28)29)14-23(16)32(24)15-18-11-12-30-22-4-2-1-3-21(18)22/h16-24,30H,1-15,27H2,(H3,28,29)(H,31,33). The lowest BCUT2D eigenvalue weighted by molar-refractivity contribution is -0.127. The second-order valence-electron chi connectivity index (χ2n) is 11.9. The van der Waals surface area contributed by atoms with Crippen molar-refractivity contribution < 1.29 is 4.79 Å². The van der Waals surface area contributed by atoms with Crippen molar-refractivity contribution in [3.8, 4) is 0 Å². The van der Waals surface area contributed by atoms with Gasteiger partial charge in [-0.25, -0.2) is 0 Å². The SMILES string of the molecule is N=C(N)C1CCC2CC(C(=O)NC3CCC(N)CC3)N(CC3CCNC4CCCCC34)C2C1. The highest BCUT2D eigenvalue weighted by atomic mass is 16.2. The van der Waals surface area contributed by atoms with Crippen LogP contribution in [-0.2, 0) is 4.79 Å². The van der Waals surface area contributed by atoms with Gasteiger partial charge in [0.1, 0.15) is 0 Å². The van der Waals surface area contributed by atoms with Gasteiger partial charge in [0.2, 0.25) is 5.91 Å². The summed E-state index contributed by atoms with van der Waals surface area (Å²) in [6, 6.07) is 1.65. The summed E-state index contributed by atoms with van der Waals surface area (Å²) in [5.41, 5.74) is 12.1. The van der Waals surface area contributed by atoms with Crippen LogP contribution < -0.4 is 22.1 Å². The Kier molecular flexibility index (Phi) is 7.29. The van der Waals surface area contributed by atoms with Gasteiger partial charge in [0.25, 0.3) is 0 Å². The number of rotatable bonds is 5. The van der Waals surface area contributed by atoms with Crippen LogP contribution in [0.4, 0.5) is 0 Å². The lowest BCUT2D eigenvalue weighted by Crippen LogP contribution is -2.55. The van der Waals surface area contributed by atoms with Crippen molar-refractivity contribution in [3.05, 3.63) is 0 Å². The molecule has 2 aliphatic heterocycles. The molecule has 7 unspecified atom stereocenters. The number of carbonyl (C=O) groups excluding carboxylic acids is 1. The van der Waals surface area contributed by atoms with Crippen LogP contribution in [0.2, 0.25) is 0 Å². The van der Waals surface area contributed by atoms with E-state index in [0.717, 1.165) is 70.4 Å². The molecule has 5 fully saturated rings. The number of carbonyl (C=O) groups is 1. The highest BCUT2D eigenvalue weighted by Crippen LogP contribution is 2.44. The maximum absolute atomic E-state index is 13.6. The minimum atomic E-state index is -0.0155. The van der Waals surface area contributed by atoms with E-state index in [1.165, 1.54) is 32.1 Å². The molecule has 186 valence electrons. The molecular weight excluding hydrogens is 412 g/mol. The van der Waals surface area contributed by atoms with Crippen LogP contribution in [0.3, 0.4) is 0 Å². The summed E-state index contributed by atoms with van der Waals surface area (Å²) in [6.07, 6.45) is 14.7. The van der Waals surface area contributed by atoms with E-state index in [0.29, 0.717) is 35.8 Å². The van der Waals surface area contributed by atoms with E-state index in [4.69, 9.17) is 16.9 Å². The van der Waals surface area contributed by atoms with Crippen molar-refractivity contribution in [2.24, 2.45) is 35.1 Å². The molecule has 0 aromatic carbocycles. The quantitative estimate of drug-likeness (QED) is 0.320. The van der Waals surface area contributed by atoms with Gasteiger partial charge in [0, 0.05) is 36.6 Å². The Morgan fingerprint density at radius 3 is 2.58 bits per heavy atom. The number of piperidine rings is 1. The zero-order chi connectivity index (χ0) is 22.9. The Balaban J connectivity index is 1.31. The fraction of sp³-hybridized carbons (Fsp3) is 0.923. The average molecular weight is 459 g/mol. The number of hydrogen-bond donors (Lipinski definition) is 5. The van der Waals surface area contributed by atoms with Gasteiger partial charge in [-0.1, -0.05) is 12.8 Å². The molecule has 0 bridgehead atoms. The molecule has 1 amide bonds. The first kappa shape index (κ1) is 23.6. The van der Waals surface area contributed by atoms with Crippen LogP contribution in [-0.4, -0.2) is 59.9 Å². The van der Waals surface area contributed by atoms with Crippen LogP contribution >= 0.6 is 0 Å². The summed E-state index contributed by atoms with van der Waals surface area (Å²) in [6.45, 7) is 2.16. The van der Waals surface area contributed by atoms with Crippen LogP contribution in [0.5, 0.6) is 0 Å². The highest BCUT2D eigenvalue weighted by Gasteiger charge is 2.49. The molecule has 5 rings (SSSR count). The van der Waals surface area contributed by atoms with Gasteiger partial charge in [-0.05, 0) is 94.9 Å². The van der Waals surface area contributed by atoms with E-state index >= 15 is 0 Å². The fourth-order valence-corrected chi connectivity index (χ4v) is 8.05. The first-order valence-electron chi connectivity index (χ1n) is 13.9. The smallest absolute Gasteiger partial charge is 0.237 e. The maximum Gasteiger partial charge on any atom is 0.237 e. The number of amidine groups is 1. The molecule has 3 saturated carbocycles. The molecule has 7 nitrogen and oxygen atoms in total. The van der Waals surface area contributed by atoms with E-state index in [9.17, 15) is 4.79 Å². The molecule has 0 spiro atoms. The number of nitrogens with zero attached hydrogens (tertiary/aromatic N) is 1. The topological polar surface area (TPSA) is 120 Å². The van der Waals surface area contributed by atoms with Crippen molar-refractivity contribution in [1.29, 1.82) is 5.41 Å². The molecule has 2 heterocycles. The number of amides is 1. The number of hydrogen-bond acceptors (Lipinski definition) is 5. The minimum Gasteiger partial charge on any atom is -0.387 e. The number of nitrogens with one attached hydrogen (secondary N) is 3. The Labute approximate surface area is 199 Å². The molecule has 7 N–H and O–H groups in total. The van der Waals surface area contributed by atoms with Crippen LogP contribution in [0.15, 0.2) is 0 Å². The van der Waals surface area contributed by atoms with Crippen molar-refractivity contribution in [3.63, 3.8) is 0 Å². The summed E-state index contributed by atoms with van der Waals surface area (Å²) < 4.78 is 0. The molecule has 5 aliphatic rings. The Morgan fingerprint density at radius 2 is 1.79 bits per heavy atom. The molecule has 7 atom stereocenters. The Hall–Kier alpha value is -1.18. The van der Waals surface area contributed by atoms with Gasteiger partial charge in [0.05, 0.1) is 11.9 Å². The van der Waals surface area contributed by atoms with Gasteiger partial charge in [0.15, 0.2) is 0 Å². The Morgan fingerprint density at radius 1 is 1.00 bits per heavy atom. The minimum absolute atomic E-state index is 0.0155. The maximum atomic E-state index is 13.6. The third-order valence-corrected chi connectivity index (χ3v) is 9.96. The lowest BCUT2D eigenvalue weighted by atomic mass is 9.72. The molecule has 0 aromatic heterocycles. The highest BCUT2D eigenvalue weighted by molar-refractivity contribution is 5.83. The summed E-state index contributed by atoms with van der Waals surface area (Å²) in [7, 11) is 0. The predicted molar refractivity (Wildman–Crippen MR) is 132 cm³/mol. The Bertz CT molecular complexity index is 705. The molecule has 0 aromatic rings. The number of nitrogens with two attached hydrogens (primary N) is 2. The van der Waals surface area contributed by atoms with Gasteiger partial charge >= 0.3 is 0 Å². The molecule has 7 heteroatoms. The van der Waals surface area contributed by atoms with Crippen molar-refractivity contribution in [1.82, 2.24) is 15.5 Å². The van der Waals surface area contributed by atoms with Gasteiger partial charge < -0.3 is 22.1 Å². The van der Waals surface area contributed by atoms with E-state index in [2.05, 4.69) is 15.5 Å². The molecule has 0 radical (unpaired) electrons. The van der Waals surface area contributed by atoms with E-state index in [-0.39, 0.29) is 23.9 Å². The summed E-state index contributed by atoms with van der Waals surface area (Å²) in [5.74, 6) is 2.77. The third-order valence-electron chi connectivity index (χ3n) is 9.96. The van der Waals surface area contributed by atoms with Crippen molar-refractivity contribution in [2.45, 2.75) is 114 Å². The van der Waals surface area contributed by atoms with Crippen LogP contribution in [0.25, 0.3) is 0 Å². The number of fused-ring (bicyclic) bond motifs is 2. The predicted octanol–water partition coefficient (Wildman–Crippen LogP) is 2.34. The van der Waals surface area contributed by atoms with Gasteiger partial charge in [-0.15, -0.1) is 0 Å². The second-order valence-corrected chi connectivity index (χ2v) is 11.9. The summed E-state index contributed by atoms with van der Waals surface area (Å²) >= 11 is 0. The third kappa shape index (κ3) is 5.10. The van der Waals surface area contributed by atoms with Gasteiger partial charge in [-0.3, -0.25) is 15.1 Å². The second kappa shape index (κ2) is 10.2. The molecule has 33 heavy (non-hydrogen) atoms.